The summed E-state index contributed by atoms with van der Waals surface area (Å²) in [6.45, 7) is 0. The average Bonchev–Trinajstić information content (AvgIpc) is 0. The molecule has 0 N–H and O–H groups in total. The van der Waals surface area contributed by atoms with Crippen molar-refractivity contribution in [1.82, 2.24) is 0 Å². The van der Waals surface area contributed by atoms with E-state index < -0.39 is 0 Å². The predicted molar refractivity (Wildman–Crippen MR) is 11.5 cm³/mol. The van der Waals surface area contributed by atoms with E-state index in [1.807, 2.05) is 0 Å². The van der Waals surface area contributed by atoms with Crippen LogP contribution in [0.4, 0.5) is 0 Å². The average molecular weight is 273 g/mol. The molecule has 4 heavy (non-hydrogen) atoms. The molecule has 0 unspecified atom stereocenters. The van der Waals surface area contributed by atoms with Gasteiger partial charge >= 0.3 is 0 Å². The second kappa shape index (κ2) is 15.7. The normalized spacial score (nSPS) is 0. The third kappa shape index (κ3) is 9.54. The van der Waals surface area contributed by atoms with Crippen molar-refractivity contribution in [3.05, 3.63) is 0 Å². The van der Waals surface area contributed by atoms with Crippen molar-refractivity contribution in [3.8, 4) is 0 Å². The molecule has 0 aliphatic heterocycles. The van der Waals surface area contributed by atoms with E-state index >= 15 is 0 Å². The molecule has 0 aliphatic carbocycles. The molecule has 0 aromatic carbocycles. The van der Waals surface area contributed by atoms with Gasteiger partial charge in [-0.2, -0.15) is 0 Å². The molecule has 0 fully saturated rings. The van der Waals surface area contributed by atoms with Crippen LogP contribution in [0.5, 0.6) is 0 Å². The van der Waals surface area contributed by atoms with E-state index in [1.54, 1.807) is 0 Å². The molecule has 4 radical (unpaired) electrons. The molecule has 12 valence electrons. The van der Waals surface area contributed by atoms with E-state index in [-0.39, 0.29) is 130 Å². The monoisotopic (exact) mass is 274 g/mol. The minimum Gasteiger partial charge on any atom is 0 e. The molecule has 0 spiro atoms. The fourth-order valence-corrected chi connectivity index (χ4v) is 0. The Morgan fingerprint density at radius 1 is 0.750 bits per heavy atom. The zero-order valence-electron chi connectivity index (χ0n) is 2.41. The van der Waals surface area contributed by atoms with Gasteiger partial charge in [0.2, 0.25) is 0 Å². The second-order valence-corrected chi connectivity index (χ2v) is 0. The van der Waals surface area contributed by atoms with Crippen LogP contribution >= 0.6 is 0 Å². The van der Waals surface area contributed by atoms with Gasteiger partial charge in [0.25, 0.3) is 0 Å². The molecule has 0 aliphatic rings. The van der Waals surface area contributed by atoms with Gasteiger partial charge in [0.15, 0.2) is 0 Å². The van der Waals surface area contributed by atoms with Crippen LogP contribution < -0.4 is 0 Å². The smallest absolute Gasteiger partial charge is 0 e. The van der Waals surface area contributed by atoms with Crippen LogP contribution in [-0.4, -0.2) is 86.6 Å². The third-order valence-electron chi connectivity index (χ3n) is 0. The quantitative estimate of drug-likeness (QED) is 0.509. The molecule has 0 amide bonds. The van der Waals surface area contributed by atoms with Gasteiger partial charge in [0.1, 0.15) is 0 Å². The Morgan fingerprint density at radius 2 is 0.750 bits per heavy atom. The van der Waals surface area contributed by atoms with Crippen LogP contribution in [-0.2, 0) is 43.4 Å². The molecule has 0 bridgehead atoms. The van der Waals surface area contributed by atoms with Gasteiger partial charge in [0.05, 0.1) is 0 Å². The Labute approximate surface area is 126 Å². The molecular formula is BaCaTi2. The van der Waals surface area contributed by atoms with Crippen molar-refractivity contribution in [2.45, 2.75) is 0 Å². The first-order valence-corrected chi connectivity index (χ1v) is 0. The molecule has 0 saturated heterocycles. The zero-order valence-corrected chi connectivity index (χ0v) is 12.2. The van der Waals surface area contributed by atoms with Crippen molar-refractivity contribution < 1.29 is 43.4 Å². The summed E-state index contributed by atoms with van der Waals surface area (Å²) in [4.78, 5) is 0. The van der Waals surface area contributed by atoms with Crippen LogP contribution in [0.3, 0.4) is 0 Å². The van der Waals surface area contributed by atoms with E-state index in [0.717, 1.165) is 0 Å². The minimum atomic E-state index is 0. The van der Waals surface area contributed by atoms with Gasteiger partial charge < -0.3 is 0 Å². The van der Waals surface area contributed by atoms with Gasteiger partial charge in [0, 0.05) is 130 Å². The Hall–Kier alpha value is 4.26. The summed E-state index contributed by atoms with van der Waals surface area (Å²) in [5, 5.41) is 0. The maximum atomic E-state index is 0. The fraction of sp³-hybridized carbons (Fsp3) is 0. The number of rotatable bonds is 0. The summed E-state index contributed by atoms with van der Waals surface area (Å²) >= 11 is 0. The van der Waals surface area contributed by atoms with Crippen molar-refractivity contribution in [3.63, 3.8) is 0 Å². The van der Waals surface area contributed by atoms with Gasteiger partial charge in [-0.3, -0.25) is 0 Å². The Morgan fingerprint density at radius 3 is 0.750 bits per heavy atom. The largest absolute Gasteiger partial charge is 0 e. The molecule has 0 rings (SSSR count). The van der Waals surface area contributed by atoms with Crippen molar-refractivity contribution >= 4 is 86.6 Å². The Bertz CT molecular complexity index is 6.00. The summed E-state index contributed by atoms with van der Waals surface area (Å²) in [7, 11) is 0. The Balaban J connectivity index is 0. The van der Waals surface area contributed by atoms with Crippen molar-refractivity contribution in [2.75, 3.05) is 0 Å². The molecule has 0 atom stereocenters. The Kier molecular flexibility index (Phi) is 94.0. The third-order valence-corrected chi connectivity index (χ3v) is 0. The standard InChI is InChI=1S/Ba.Ca.2Ti. The van der Waals surface area contributed by atoms with Crippen LogP contribution in [0.2, 0.25) is 0 Å². The van der Waals surface area contributed by atoms with Crippen LogP contribution in [0.15, 0.2) is 0 Å². The molecule has 4 heteroatoms. The maximum Gasteiger partial charge on any atom is 0 e. The van der Waals surface area contributed by atoms with Crippen LogP contribution in [0.25, 0.3) is 0 Å². The first-order valence-electron chi connectivity index (χ1n) is 0. The van der Waals surface area contributed by atoms with Gasteiger partial charge in [-0.15, -0.1) is 0 Å². The van der Waals surface area contributed by atoms with Crippen LogP contribution in [0.1, 0.15) is 0 Å². The van der Waals surface area contributed by atoms with Gasteiger partial charge in [-0.1, -0.05) is 0 Å². The van der Waals surface area contributed by atoms with E-state index in [4.69, 9.17) is 0 Å². The summed E-state index contributed by atoms with van der Waals surface area (Å²) in [5.41, 5.74) is 0. The van der Waals surface area contributed by atoms with E-state index in [1.165, 1.54) is 0 Å². The maximum absolute atomic E-state index is 0. The molecule has 0 heterocycles. The SMILES string of the molecule is [Ba].[Ca].[Ti].[Ti]. The summed E-state index contributed by atoms with van der Waals surface area (Å²) in [6.07, 6.45) is 0. The second-order valence-electron chi connectivity index (χ2n) is 0. The predicted octanol–water partition coefficient (Wildman–Crippen LogP) is -0.767. The van der Waals surface area contributed by atoms with E-state index in [2.05, 4.69) is 0 Å². The summed E-state index contributed by atoms with van der Waals surface area (Å²) in [6, 6.07) is 0. The topological polar surface area (TPSA) is 0 Å². The van der Waals surface area contributed by atoms with Gasteiger partial charge in [-0.25, -0.2) is 0 Å². The summed E-state index contributed by atoms with van der Waals surface area (Å²) < 4.78 is 0. The first kappa shape index (κ1) is 24.0. The molecule has 0 aromatic rings. The van der Waals surface area contributed by atoms with E-state index in [0.29, 0.717) is 0 Å². The molecular weight excluding hydrogens is 273 g/mol. The molecule has 0 aromatic heterocycles. The number of hydrogen-bond acceptors (Lipinski definition) is 0. The summed E-state index contributed by atoms with van der Waals surface area (Å²) in [5.74, 6) is 0. The van der Waals surface area contributed by atoms with Crippen LogP contribution in [0, 0.1) is 0 Å². The zero-order chi connectivity index (χ0) is 0. The molecule has 0 saturated carbocycles. The molecule has 0 nitrogen and oxygen atoms in total. The van der Waals surface area contributed by atoms with Crippen molar-refractivity contribution in [2.24, 2.45) is 0 Å². The number of hydrogen-bond donors (Lipinski definition) is 0. The fourth-order valence-electron chi connectivity index (χ4n) is 0. The first-order chi connectivity index (χ1) is 0. The van der Waals surface area contributed by atoms with Gasteiger partial charge in [-0.05, 0) is 0 Å². The van der Waals surface area contributed by atoms with Crippen molar-refractivity contribution in [1.29, 1.82) is 0 Å². The minimum absolute atomic E-state index is 0. The van der Waals surface area contributed by atoms with E-state index in [9.17, 15) is 0 Å².